The van der Waals surface area contributed by atoms with Crippen molar-refractivity contribution in [2.75, 3.05) is 31.6 Å². The van der Waals surface area contributed by atoms with Gasteiger partial charge >= 0.3 is 0 Å². The summed E-state index contributed by atoms with van der Waals surface area (Å²) in [6, 6.07) is 11.3. The van der Waals surface area contributed by atoms with Crippen LogP contribution >= 0.6 is 11.3 Å². The monoisotopic (exact) mass is 352 g/mol. The fourth-order valence-electron chi connectivity index (χ4n) is 2.82. The van der Waals surface area contributed by atoms with Crippen LogP contribution in [0.1, 0.15) is 6.42 Å². The van der Waals surface area contributed by atoms with E-state index in [1.165, 1.54) is 11.3 Å². The third kappa shape index (κ3) is 3.68. The molecule has 1 aliphatic heterocycles. The predicted octanol–water partition coefficient (Wildman–Crippen LogP) is 2.56. The molecule has 0 amide bonds. The van der Waals surface area contributed by atoms with E-state index in [2.05, 4.69) is 9.62 Å². The maximum atomic E-state index is 12.2. The van der Waals surface area contributed by atoms with Gasteiger partial charge in [-0.2, -0.15) is 0 Å². The highest BCUT2D eigenvalue weighted by atomic mass is 32.2. The summed E-state index contributed by atoms with van der Waals surface area (Å²) in [5.74, 6) is 1.15. The van der Waals surface area contributed by atoms with Crippen molar-refractivity contribution in [2.24, 2.45) is 5.92 Å². The average Bonchev–Trinajstić information content (AvgIpc) is 3.25. The molecule has 5 nitrogen and oxygen atoms in total. The van der Waals surface area contributed by atoms with Gasteiger partial charge in [0.25, 0.3) is 0 Å². The molecule has 7 heteroatoms. The predicted molar refractivity (Wildman–Crippen MR) is 92.8 cm³/mol. The Hall–Kier alpha value is -1.57. The van der Waals surface area contributed by atoms with E-state index >= 15 is 0 Å². The number of methoxy groups -OCH3 is 1. The zero-order valence-electron chi connectivity index (χ0n) is 12.9. The van der Waals surface area contributed by atoms with E-state index in [0.29, 0.717) is 16.7 Å². The molecule has 0 radical (unpaired) electrons. The topological polar surface area (TPSA) is 58.6 Å². The first-order valence-electron chi connectivity index (χ1n) is 7.51. The van der Waals surface area contributed by atoms with E-state index in [-0.39, 0.29) is 0 Å². The van der Waals surface area contributed by atoms with E-state index in [1.54, 1.807) is 24.6 Å². The number of nitrogens with zero attached hydrogens (tertiary/aromatic N) is 1. The summed E-state index contributed by atoms with van der Waals surface area (Å²) >= 11 is 1.24. The fourth-order valence-corrected chi connectivity index (χ4v) is 4.98. The highest BCUT2D eigenvalue weighted by Gasteiger charge is 2.26. The lowest BCUT2D eigenvalue weighted by atomic mass is 10.1. The van der Waals surface area contributed by atoms with Gasteiger partial charge in [0, 0.05) is 19.6 Å². The number of thiophene rings is 1. The van der Waals surface area contributed by atoms with Gasteiger partial charge in [-0.05, 0) is 35.9 Å². The number of sulfonamides is 1. The van der Waals surface area contributed by atoms with Gasteiger partial charge in [0.15, 0.2) is 0 Å². The second-order valence-corrected chi connectivity index (χ2v) is 8.50. The Morgan fingerprint density at radius 1 is 1.30 bits per heavy atom. The number of nitrogens with one attached hydrogen (secondary N) is 1. The number of hydrogen-bond donors (Lipinski definition) is 1. The quantitative estimate of drug-likeness (QED) is 0.868. The fraction of sp³-hybridized carbons (Fsp3) is 0.375. The summed E-state index contributed by atoms with van der Waals surface area (Å²) in [6.07, 6.45) is 0.963. The summed E-state index contributed by atoms with van der Waals surface area (Å²) < 4.78 is 32.8. The Bertz CT molecular complexity index is 744. The first-order chi connectivity index (χ1) is 11.1. The molecule has 124 valence electrons. The Morgan fingerprint density at radius 2 is 2.13 bits per heavy atom. The largest absolute Gasteiger partial charge is 0.495 e. The molecule has 1 aromatic heterocycles. The minimum absolute atomic E-state index is 0.301. The second kappa shape index (κ2) is 6.90. The van der Waals surface area contributed by atoms with Crippen molar-refractivity contribution >= 4 is 27.0 Å². The van der Waals surface area contributed by atoms with E-state index < -0.39 is 10.0 Å². The Kier molecular flexibility index (Phi) is 4.89. The van der Waals surface area contributed by atoms with E-state index in [0.717, 1.165) is 30.9 Å². The smallest absolute Gasteiger partial charge is 0.250 e. The summed E-state index contributed by atoms with van der Waals surface area (Å²) in [5.41, 5.74) is 1.07. The molecule has 2 heterocycles. The molecule has 1 aliphatic rings. The van der Waals surface area contributed by atoms with Crippen molar-refractivity contribution < 1.29 is 13.2 Å². The van der Waals surface area contributed by atoms with Crippen LogP contribution in [0.3, 0.4) is 0 Å². The molecule has 1 aromatic carbocycles. The number of hydrogen-bond acceptors (Lipinski definition) is 5. The number of ether oxygens (including phenoxy) is 1. The maximum Gasteiger partial charge on any atom is 0.250 e. The lowest BCUT2D eigenvalue weighted by Crippen LogP contribution is -2.30. The van der Waals surface area contributed by atoms with Gasteiger partial charge in [-0.3, -0.25) is 0 Å². The van der Waals surface area contributed by atoms with Crippen molar-refractivity contribution in [1.82, 2.24) is 4.72 Å². The molecule has 0 aliphatic carbocycles. The molecule has 0 spiro atoms. The summed E-state index contributed by atoms with van der Waals surface area (Å²) in [7, 11) is -1.71. The summed E-state index contributed by atoms with van der Waals surface area (Å²) in [4.78, 5) is 2.25. The van der Waals surface area contributed by atoms with Crippen LogP contribution in [0.5, 0.6) is 5.75 Å². The van der Waals surface area contributed by atoms with Crippen molar-refractivity contribution in [3.8, 4) is 5.75 Å². The summed E-state index contributed by atoms with van der Waals surface area (Å²) in [5, 5.41) is 1.77. The Morgan fingerprint density at radius 3 is 2.87 bits per heavy atom. The minimum Gasteiger partial charge on any atom is -0.495 e. The first-order valence-corrected chi connectivity index (χ1v) is 9.87. The van der Waals surface area contributed by atoms with E-state index in [9.17, 15) is 8.42 Å². The van der Waals surface area contributed by atoms with Crippen molar-refractivity contribution in [2.45, 2.75) is 10.6 Å². The summed E-state index contributed by atoms with van der Waals surface area (Å²) in [6.45, 7) is 2.20. The molecule has 23 heavy (non-hydrogen) atoms. The zero-order chi connectivity index (χ0) is 16.3. The second-order valence-electron chi connectivity index (χ2n) is 5.56. The van der Waals surface area contributed by atoms with Gasteiger partial charge in [0.1, 0.15) is 9.96 Å². The minimum atomic E-state index is -3.37. The molecule has 1 N–H and O–H groups in total. The van der Waals surface area contributed by atoms with E-state index in [1.807, 2.05) is 24.3 Å². The number of benzene rings is 1. The zero-order valence-corrected chi connectivity index (χ0v) is 14.6. The van der Waals surface area contributed by atoms with Crippen LogP contribution in [0.25, 0.3) is 0 Å². The molecule has 2 aromatic rings. The van der Waals surface area contributed by atoms with Gasteiger partial charge in [-0.1, -0.05) is 18.2 Å². The van der Waals surface area contributed by atoms with Gasteiger partial charge in [0.2, 0.25) is 10.0 Å². The molecule has 3 rings (SSSR count). The molecule has 1 atom stereocenters. The van der Waals surface area contributed by atoms with Crippen molar-refractivity contribution in [1.29, 1.82) is 0 Å². The standard InChI is InChI=1S/C16H20N2O3S2/c1-21-15-6-3-2-5-14(15)18-9-8-13(12-18)11-17-23(19,20)16-7-4-10-22-16/h2-7,10,13,17H,8-9,11-12H2,1H3/t13-/m0/s1. The van der Waals surface area contributed by atoms with Crippen LogP contribution in [0.15, 0.2) is 46.0 Å². The first kappa shape index (κ1) is 16.3. The maximum absolute atomic E-state index is 12.2. The Labute approximate surface area is 140 Å². The lowest BCUT2D eigenvalue weighted by Gasteiger charge is -2.21. The number of para-hydroxylation sites is 2. The lowest BCUT2D eigenvalue weighted by molar-refractivity contribution is 0.414. The molecule has 0 unspecified atom stereocenters. The van der Waals surface area contributed by atoms with Gasteiger partial charge in [-0.25, -0.2) is 13.1 Å². The number of rotatable bonds is 6. The molecular weight excluding hydrogens is 332 g/mol. The normalized spacial score (nSPS) is 18.3. The Balaban J connectivity index is 1.60. The van der Waals surface area contributed by atoms with Crippen LogP contribution in [-0.4, -0.2) is 35.2 Å². The molecule has 0 bridgehead atoms. The van der Waals surface area contributed by atoms with Crippen molar-refractivity contribution in [3.05, 3.63) is 41.8 Å². The van der Waals surface area contributed by atoms with Gasteiger partial charge < -0.3 is 9.64 Å². The highest BCUT2D eigenvalue weighted by molar-refractivity contribution is 7.91. The van der Waals surface area contributed by atoms with Crippen LogP contribution in [-0.2, 0) is 10.0 Å². The van der Waals surface area contributed by atoms with Crippen molar-refractivity contribution in [3.63, 3.8) is 0 Å². The molecule has 1 fully saturated rings. The van der Waals surface area contributed by atoms with Gasteiger partial charge in [-0.15, -0.1) is 11.3 Å². The van der Waals surface area contributed by atoms with Crippen LogP contribution in [0.2, 0.25) is 0 Å². The van der Waals surface area contributed by atoms with Crippen LogP contribution < -0.4 is 14.4 Å². The SMILES string of the molecule is COc1ccccc1N1CC[C@@H](CNS(=O)(=O)c2cccs2)C1. The molecule has 1 saturated heterocycles. The third-order valence-corrected chi connectivity index (χ3v) is 6.85. The van der Waals surface area contributed by atoms with Gasteiger partial charge in [0.05, 0.1) is 12.8 Å². The third-order valence-electron chi connectivity index (χ3n) is 4.03. The molecule has 0 saturated carbocycles. The average molecular weight is 352 g/mol. The highest BCUT2D eigenvalue weighted by Crippen LogP contribution is 2.31. The number of anilines is 1. The molecular formula is C16H20N2O3S2. The van der Waals surface area contributed by atoms with E-state index in [4.69, 9.17) is 4.74 Å². The van der Waals surface area contributed by atoms with Crippen LogP contribution in [0, 0.1) is 5.92 Å². The van der Waals surface area contributed by atoms with Crippen LogP contribution in [0.4, 0.5) is 5.69 Å².